The predicted octanol–water partition coefficient (Wildman–Crippen LogP) is 0.386. The van der Waals surface area contributed by atoms with Crippen LogP contribution in [-0.4, -0.2) is 22.9 Å². The monoisotopic (exact) mass is 130 g/mol. The highest BCUT2D eigenvalue weighted by atomic mass is 16.3. The topological polar surface area (TPSA) is 40.5 Å². The van der Waals surface area contributed by atoms with Gasteiger partial charge in [-0.25, -0.2) is 0 Å². The van der Waals surface area contributed by atoms with E-state index in [0.717, 1.165) is 6.42 Å². The van der Waals surface area contributed by atoms with Crippen LogP contribution in [0.3, 0.4) is 0 Å². The van der Waals surface area contributed by atoms with Crippen LogP contribution in [0.5, 0.6) is 0 Å². The average molecular weight is 130 g/mol. The summed E-state index contributed by atoms with van der Waals surface area (Å²) in [5.41, 5.74) is 0.0226. The van der Waals surface area contributed by atoms with Crippen LogP contribution in [0.1, 0.15) is 20.3 Å². The van der Waals surface area contributed by atoms with E-state index < -0.39 is 0 Å². The first-order chi connectivity index (χ1) is 4.11. The van der Waals surface area contributed by atoms with Gasteiger partial charge in [-0.1, -0.05) is 13.8 Å². The fourth-order valence-electron chi connectivity index (χ4n) is 1.10. The van der Waals surface area contributed by atoms with E-state index in [1.807, 2.05) is 13.8 Å². The predicted molar refractivity (Wildman–Crippen MR) is 35.0 cm³/mol. The van der Waals surface area contributed by atoms with Crippen LogP contribution in [0.4, 0.5) is 0 Å². The fraction of sp³-hybridized carbons (Fsp3) is 1.00. The Labute approximate surface area is 55.5 Å². The van der Waals surface area contributed by atoms with E-state index >= 15 is 0 Å². The lowest BCUT2D eigenvalue weighted by atomic mass is 9.93. The van der Waals surface area contributed by atoms with E-state index in [0.29, 0.717) is 0 Å². The van der Waals surface area contributed by atoms with Crippen molar-refractivity contribution in [1.82, 2.24) is 0 Å². The second-order valence-electron chi connectivity index (χ2n) is 3.31. The smallest absolute Gasteiger partial charge is 0.0604 e. The number of rotatable bonds is 2. The van der Waals surface area contributed by atoms with Crippen LogP contribution >= 0.6 is 0 Å². The Balaban J connectivity index is 2.43. The third-order valence-electron chi connectivity index (χ3n) is 2.63. The molecule has 0 saturated heterocycles. The minimum Gasteiger partial charge on any atom is -0.396 e. The molecule has 0 aromatic heterocycles. The van der Waals surface area contributed by atoms with Gasteiger partial charge in [0.2, 0.25) is 0 Å². The highest BCUT2D eigenvalue weighted by molar-refractivity contribution is 5.02. The van der Waals surface area contributed by atoms with Crippen molar-refractivity contribution in [2.75, 3.05) is 6.61 Å². The summed E-state index contributed by atoms with van der Waals surface area (Å²) in [6.07, 6.45) is 0.689. The highest BCUT2D eigenvalue weighted by Crippen LogP contribution is 2.51. The Kier molecular flexibility index (Phi) is 1.53. The van der Waals surface area contributed by atoms with E-state index in [4.69, 9.17) is 10.2 Å². The molecule has 0 amide bonds. The Morgan fingerprint density at radius 1 is 1.78 bits per heavy atom. The Hall–Kier alpha value is -0.0800. The van der Waals surface area contributed by atoms with Gasteiger partial charge in [0.15, 0.2) is 0 Å². The first-order valence-electron chi connectivity index (χ1n) is 3.40. The van der Waals surface area contributed by atoms with Gasteiger partial charge in [-0.05, 0) is 12.3 Å². The first kappa shape index (κ1) is 7.03. The van der Waals surface area contributed by atoms with Crippen LogP contribution in [0, 0.1) is 11.3 Å². The third kappa shape index (κ3) is 0.970. The van der Waals surface area contributed by atoms with Gasteiger partial charge in [-0.3, -0.25) is 0 Å². The van der Waals surface area contributed by atoms with Crippen LogP contribution in [0.2, 0.25) is 0 Å². The van der Waals surface area contributed by atoms with Crippen molar-refractivity contribution in [1.29, 1.82) is 0 Å². The molecule has 2 heteroatoms. The lowest BCUT2D eigenvalue weighted by Crippen LogP contribution is -2.16. The standard InChI is InChI=1S/C7H14O2/c1-5(4-8)7(2)3-6(7)9/h5-6,8-9H,3-4H2,1-2H3/t5?,6-,7-/m0/s1. The summed E-state index contributed by atoms with van der Waals surface area (Å²) < 4.78 is 0. The molecule has 1 rings (SSSR count). The maximum absolute atomic E-state index is 9.08. The van der Waals surface area contributed by atoms with Crippen LogP contribution < -0.4 is 0 Å². The lowest BCUT2D eigenvalue weighted by Gasteiger charge is -2.15. The zero-order chi connectivity index (χ0) is 7.07. The van der Waals surface area contributed by atoms with Gasteiger partial charge in [-0.2, -0.15) is 0 Å². The fourth-order valence-corrected chi connectivity index (χ4v) is 1.10. The summed E-state index contributed by atoms with van der Waals surface area (Å²) in [7, 11) is 0. The molecule has 1 aliphatic rings. The molecular formula is C7H14O2. The van der Waals surface area contributed by atoms with E-state index in [1.54, 1.807) is 0 Å². The highest BCUT2D eigenvalue weighted by Gasteiger charge is 2.52. The summed E-state index contributed by atoms with van der Waals surface area (Å²) in [5, 5.41) is 17.8. The maximum atomic E-state index is 9.08. The molecule has 0 heterocycles. The minimum absolute atomic E-state index is 0.0226. The number of aliphatic hydroxyl groups excluding tert-OH is 2. The SMILES string of the molecule is CC(CO)[C@]1(C)C[C@@H]1O. The summed E-state index contributed by atoms with van der Waals surface area (Å²) >= 11 is 0. The van der Waals surface area contributed by atoms with Crippen molar-refractivity contribution in [3.8, 4) is 0 Å². The minimum atomic E-state index is -0.167. The largest absolute Gasteiger partial charge is 0.396 e. The molecule has 1 unspecified atom stereocenters. The molecule has 0 aromatic carbocycles. The van der Waals surface area contributed by atoms with Crippen LogP contribution in [0.15, 0.2) is 0 Å². The maximum Gasteiger partial charge on any atom is 0.0604 e. The number of hydrogen-bond acceptors (Lipinski definition) is 2. The first-order valence-corrected chi connectivity index (χ1v) is 3.40. The summed E-state index contributed by atoms with van der Waals surface area (Å²) in [6, 6.07) is 0. The molecule has 1 aliphatic carbocycles. The van der Waals surface area contributed by atoms with Crippen LogP contribution in [-0.2, 0) is 0 Å². The molecule has 9 heavy (non-hydrogen) atoms. The van der Waals surface area contributed by atoms with Crippen molar-refractivity contribution in [2.24, 2.45) is 11.3 Å². The van der Waals surface area contributed by atoms with E-state index in [1.165, 1.54) is 0 Å². The van der Waals surface area contributed by atoms with Crippen molar-refractivity contribution in [3.05, 3.63) is 0 Å². The quantitative estimate of drug-likeness (QED) is 0.567. The van der Waals surface area contributed by atoms with Gasteiger partial charge in [0.1, 0.15) is 0 Å². The molecule has 0 aromatic rings. The van der Waals surface area contributed by atoms with Gasteiger partial charge in [0, 0.05) is 12.0 Å². The molecule has 1 fully saturated rings. The second-order valence-corrected chi connectivity index (χ2v) is 3.31. The molecule has 2 nitrogen and oxygen atoms in total. The van der Waals surface area contributed by atoms with Gasteiger partial charge >= 0.3 is 0 Å². The summed E-state index contributed by atoms with van der Waals surface area (Å²) in [4.78, 5) is 0. The number of hydrogen-bond donors (Lipinski definition) is 2. The Morgan fingerprint density at radius 3 is 2.33 bits per heavy atom. The molecule has 0 bridgehead atoms. The Morgan fingerprint density at radius 2 is 2.22 bits per heavy atom. The normalized spacial score (nSPS) is 44.7. The molecular weight excluding hydrogens is 116 g/mol. The molecule has 0 aliphatic heterocycles. The van der Waals surface area contributed by atoms with E-state index in [-0.39, 0.29) is 24.0 Å². The third-order valence-corrected chi connectivity index (χ3v) is 2.63. The van der Waals surface area contributed by atoms with E-state index in [9.17, 15) is 0 Å². The molecule has 54 valence electrons. The van der Waals surface area contributed by atoms with Gasteiger partial charge < -0.3 is 10.2 Å². The lowest BCUT2D eigenvalue weighted by molar-refractivity contribution is 0.137. The van der Waals surface area contributed by atoms with Crippen molar-refractivity contribution >= 4 is 0 Å². The van der Waals surface area contributed by atoms with Crippen LogP contribution in [0.25, 0.3) is 0 Å². The van der Waals surface area contributed by atoms with Crippen molar-refractivity contribution < 1.29 is 10.2 Å². The van der Waals surface area contributed by atoms with Gasteiger partial charge in [0.05, 0.1) is 6.10 Å². The number of aliphatic hydroxyl groups is 2. The average Bonchev–Trinajstić information content (AvgIpc) is 2.41. The molecule has 3 atom stereocenters. The zero-order valence-corrected chi connectivity index (χ0v) is 5.96. The van der Waals surface area contributed by atoms with E-state index in [2.05, 4.69) is 0 Å². The summed E-state index contributed by atoms with van der Waals surface area (Å²) in [5.74, 6) is 0.243. The molecule has 1 saturated carbocycles. The molecule has 2 N–H and O–H groups in total. The molecule has 0 radical (unpaired) electrons. The van der Waals surface area contributed by atoms with Crippen molar-refractivity contribution in [3.63, 3.8) is 0 Å². The second kappa shape index (κ2) is 1.96. The van der Waals surface area contributed by atoms with Crippen molar-refractivity contribution in [2.45, 2.75) is 26.4 Å². The zero-order valence-electron chi connectivity index (χ0n) is 5.96. The molecule has 0 spiro atoms. The van der Waals surface area contributed by atoms with Gasteiger partial charge in [0.25, 0.3) is 0 Å². The van der Waals surface area contributed by atoms with Gasteiger partial charge in [-0.15, -0.1) is 0 Å². The Bertz CT molecular complexity index is 113. The summed E-state index contributed by atoms with van der Waals surface area (Å²) in [6.45, 7) is 4.17.